The van der Waals surface area contributed by atoms with Crippen molar-refractivity contribution in [2.24, 2.45) is 0 Å². The van der Waals surface area contributed by atoms with Gasteiger partial charge in [0.1, 0.15) is 6.54 Å². The first-order valence-corrected chi connectivity index (χ1v) is 12.9. The van der Waals surface area contributed by atoms with Gasteiger partial charge in [0.15, 0.2) is 5.13 Å². The lowest BCUT2D eigenvalue weighted by molar-refractivity contribution is -0.119. The van der Waals surface area contributed by atoms with Gasteiger partial charge in [-0.3, -0.25) is 24.2 Å². The molecule has 0 fully saturated rings. The van der Waals surface area contributed by atoms with E-state index in [0.717, 1.165) is 33.1 Å². The number of halogens is 1. The van der Waals surface area contributed by atoms with Crippen LogP contribution in [0.3, 0.4) is 0 Å². The molecule has 7 nitrogen and oxygen atoms in total. The smallest absolute Gasteiger partial charge is 0.262 e. The summed E-state index contributed by atoms with van der Waals surface area (Å²) in [5.74, 6) is -1.18. The number of aromatic nitrogens is 1. The summed E-state index contributed by atoms with van der Waals surface area (Å²) in [5.41, 5.74) is 1.55. The van der Waals surface area contributed by atoms with Gasteiger partial charge in [0.05, 0.1) is 21.3 Å². The molecular formula is C24H27ClN4O3S2. The minimum absolute atomic E-state index is 0. The minimum Gasteiger partial charge on any atom is -0.302 e. The monoisotopic (exact) mass is 518 g/mol. The predicted octanol–water partition coefficient (Wildman–Crippen LogP) is 4.41. The zero-order valence-electron chi connectivity index (χ0n) is 19.3. The zero-order chi connectivity index (χ0) is 23.5. The number of nitrogens with zero attached hydrogens (tertiary/aromatic N) is 4. The quantitative estimate of drug-likeness (QED) is 0.308. The van der Waals surface area contributed by atoms with Gasteiger partial charge in [0.25, 0.3) is 11.8 Å². The Morgan fingerprint density at radius 2 is 1.65 bits per heavy atom. The molecule has 0 N–H and O–H groups in total. The number of rotatable bonds is 9. The van der Waals surface area contributed by atoms with E-state index in [2.05, 4.69) is 18.7 Å². The first-order chi connectivity index (χ1) is 16.0. The largest absolute Gasteiger partial charge is 0.302 e. The number of para-hydroxylation sites is 1. The molecule has 0 unspecified atom stereocenters. The molecule has 10 heteroatoms. The molecule has 4 rings (SSSR count). The van der Waals surface area contributed by atoms with Crippen molar-refractivity contribution < 1.29 is 14.4 Å². The molecule has 3 aromatic rings. The molecule has 2 aromatic carbocycles. The van der Waals surface area contributed by atoms with E-state index in [-0.39, 0.29) is 24.9 Å². The van der Waals surface area contributed by atoms with Crippen LogP contribution in [0.1, 0.15) is 34.6 Å². The lowest BCUT2D eigenvalue weighted by atomic mass is 10.1. The van der Waals surface area contributed by atoms with E-state index in [0.29, 0.717) is 29.3 Å². The Labute approximate surface area is 213 Å². The van der Waals surface area contributed by atoms with Gasteiger partial charge in [-0.05, 0) is 43.6 Å². The first-order valence-electron chi connectivity index (χ1n) is 10.9. The van der Waals surface area contributed by atoms with Gasteiger partial charge in [0, 0.05) is 18.0 Å². The molecule has 0 aliphatic carbocycles. The Kier molecular flexibility index (Phi) is 8.70. The standard InChI is InChI=1S/C24H26N4O3S2.ClH/c1-4-26(5-2)13-14-27(24-25-21-18(32-3)11-8-12-19(21)33-24)20(29)15-28-22(30)16-9-6-7-10-17(16)23(28)31;/h6-12H,4-5,13-15H2,1-3H3;1H. The van der Waals surface area contributed by atoms with Gasteiger partial charge in [0.2, 0.25) is 5.91 Å². The van der Waals surface area contributed by atoms with Gasteiger partial charge in [-0.2, -0.15) is 0 Å². The molecule has 0 radical (unpaired) electrons. The van der Waals surface area contributed by atoms with Crippen LogP contribution in [-0.2, 0) is 4.79 Å². The molecular weight excluding hydrogens is 492 g/mol. The number of thiazole rings is 1. The molecule has 34 heavy (non-hydrogen) atoms. The number of hydrogen-bond acceptors (Lipinski definition) is 7. The fraction of sp³-hybridized carbons (Fsp3) is 0.333. The van der Waals surface area contributed by atoms with Crippen LogP contribution >= 0.6 is 35.5 Å². The van der Waals surface area contributed by atoms with E-state index >= 15 is 0 Å². The number of imide groups is 1. The van der Waals surface area contributed by atoms with Crippen LogP contribution in [0, 0.1) is 0 Å². The zero-order valence-corrected chi connectivity index (χ0v) is 21.8. The maximum Gasteiger partial charge on any atom is 0.262 e. The first kappa shape index (κ1) is 26.2. The summed E-state index contributed by atoms with van der Waals surface area (Å²) in [7, 11) is 0. The van der Waals surface area contributed by atoms with Gasteiger partial charge < -0.3 is 4.90 Å². The predicted molar refractivity (Wildman–Crippen MR) is 141 cm³/mol. The van der Waals surface area contributed by atoms with Crippen LogP contribution in [0.2, 0.25) is 0 Å². The Bertz CT molecular complexity index is 1180. The summed E-state index contributed by atoms with van der Waals surface area (Å²) in [4.78, 5) is 49.8. The molecule has 0 saturated heterocycles. The number of likely N-dealkylation sites (N-methyl/N-ethyl adjacent to an activating group) is 1. The molecule has 0 atom stereocenters. The number of amides is 3. The fourth-order valence-corrected chi connectivity index (χ4v) is 5.57. The summed E-state index contributed by atoms with van der Waals surface area (Å²) >= 11 is 3.06. The number of carbonyl (C=O) groups excluding carboxylic acids is 3. The van der Waals surface area contributed by atoms with Crippen LogP contribution in [-0.4, -0.2) is 71.5 Å². The highest BCUT2D eigenvalue weighted by Gasteiger charge is 2.37. The summed E-state index contributed by atoms with van der Waals surface area (Å²) in [6, 6.07) is 12.7. The van der Waals surface area contributed by atoms with E-state index in [1.54, 1.807) is 40.9 Å². The maximum absolute atomic E-state index is 13.5. The lowest BCUT2D eigenvalue weighted by Crippen LogP contribution is -2.45. The highest BCUT2D eigenvalue weighted by atomic mass is 35.5. The molecule has 0 saturated carbocycles. The topological polar surface area (TPSA) is 73.8 Å². The molecule has 2 heterocycles. The van der Waals surface area contributed by atoms with Crippen molar-refractivity contribution >= 4 is 68.6 Å². The van der Waals surface area contributed by atoms with E-state index < -0.39 is 11.8 Å². The molecule has 0 spiro atoms. The molecule has 1 aliphatic rings. The molecule has 1 aliphatic heterocycles. The molecule has 3 amide bonds. The number of hydrogen-bond donors (Lipinski definition) is 0. The Balaban J connectivity index is 0.00000324. The highest BCUT2D eigenvalue weighted by molar-refractivity contribution is 7.98. The third-order valence-corrected chi connectivity index (χ3v) is 7.64. The Morgan fingerprint density at radius 3 is 2.24 bits per heavy atom. The van der Waals surface area contributed by atoms with Crippen LogP contribution < -0.4 is 4.90 Å². The van der Waals surface area contributed by atoms with E-state index in [4.69, 9.17) is 4.98 Å². The van der Waals surface area contributed by atoms with Crippen molar-refractivity contribution in [1.29, 1.82) is 0 Å². The molecule has 1 aromatic heterocycles. The second-order valence-electron chi connectivity index (χ2n) is 7.62. The SMILES string of the molecule is CCN(CC)CCN(C(=O)CN1C(=O)c2ccccc2C1=O)c1nc2c(SC)cccc2s1.Cl. The Morgan fingerprint density at radius 1 is 1.00 bits per heavy atom. The summed E-state index contributed by atoms with van der Waals surface area (Å²) in [5, 5.41) is 0.584. The third kappa shape index (κ3) is 4.98. The van der Waals surface area contributed by atoms with Gasteiger partial charge in [-0.15, -0.1) is 24.2 Å². The van der Waals surface area contributed by atoms with E-state index in [9.17, 15) is 14.4 Å². The highest BCUT2D eigenvalue weighted by Crippen LogP contribution is 2.34. The normalized spacial score (nSPS) is 12.9. The van der Waals surface area contributed by atoms with Crippen molar-refractivity contribution in [3.63, 3.8) is 0 Å². The number of carbonyl (C=O) groups is 3. The van der Waals surface area contributed by atoms with Crippen molar-refractivity contribution in [2.75, 3.05) is 43.9 Å². The van der Waals surface area contributed by atoms with E-state index in [1.807, 2.05) is 24.5 Å². The average Bonchev–Trinajstić information content (AvgIpc) is 3.37. The van der Waals surface area contributed by atoms with Gasteiger partial charge in [-0.1, -0.05) is 43.4 Å². The summed E-state index contributed by atoms with van der Waals surface area (Å²) in [6.07, 6.45) is 2.00. The third-order valence-electron chi connectivity index (χ3n) is 5.83. The number of benzene rings is 2. The fourth-order valence-electron chi connectivity index (χ4n) is 3.90. The van der Waals surface area contributed by atoms with Crippen molar-refractivity contribution in [3.05, 3.63) is 53.6 Å². The second-order valence-corrected chi connectivity index (χ2v) is 9.47. The summed E-state index contributed by atoms with van der Waals surface area (Å²) in [6.45, 7) is 6.69. The van der Waals surface area contributed by atoms with Crippen molar-refractivity contribution in [1.82, 2.24) is 14.8 Å². The lowest BCUT2D eigenvalue weighted by Gasteiger charge is -2.26. The van der Waals surface area contributed by atoms with Crippen LogP contribution in [0.25, 0.3) is 10.2 Å². The van der Waals surface area contributed by atoms with Crippen LogP contribution in [0.5, 0.6) is 0 Å². The maximum atomic E-state index is 13.5. The number of thioether (sulfide) groups is 1. The minimum atomic E-state index is -0.429. The van der Waals surface area contributed by atoms with Gasteiger partial charge in [-0.25, -0.2) is 4.98 Å². The van der Waals surface area contributed by atoms with Gasteiger partial charge >= 0.3 is 0 Å². The number of fused-ring (bicyclic) bond motifs is 2. The Hall–Kier alpha value is -2.46. The van der Waals surface area contributed by atoms with Crippen LogP contribution in [0.4, 0.5) is 5.13 Å². The summed E-state index contributed by atoms with van der Waals surface area (Å²) < 4.78 is 0.998. The van der Waals surface area contributed by atoms with Crippen molar-refractivity contribution in [2.45, 2.75) is 18.7 Å². The van der Waals surface area contributed by atoms with Crippen molar-refractivity contribution in [3.8, 4) is 0 Å². The second kappa shape index (κ2) is 11.3. The van der Waals surface area contributed by atoms with E-state index in [1.165, 1.54) is 11.3 Å². The molecule has 0 bridgehead atoms. The average molecular weight is 519 g/mol. The number of anilines is 1. The molecule has 180 valence electrons. The van der Waals surface area contributed by atoms with Crippen LogP contribution in [0.15, 0.2) is 47.4 Å².